The Morgan fingerprint density at radius 3 is 2.67 bits per heavy atom. The fourth-order valence-corrected chi connectivity index (χ4v) is 2.98. The molecule has 0 spiro atoms. The van der Waals surface area contributed by atoms with Gasteiger partial charge in [-0.15, -0.1) is 0 Å². The Balaban J connectivity index is 2.93. The van der Waals surface area contributed by atoms with Crippen LogP contribution in [-0.4, -0.2) is 40.7 Å². The molecule has 0 saturated carbocycles. The Morgan fingerprint density at radius 2 is 2.27 bits per heavy atom. The van der Waals surface area contributed by atoms with E-state index in [0.29, 0.717) is 6.54 Å². The van der Waals surface area contributed by atoms with E-state index in [1.54, 1.807) is 18.7 Å². The van der Waals surface area contributed by atoms with E-state index >= 15 is 0 Å². The zero-order chi connectivity index (χ0) is 11.6. The number of hydrogen-bond acceptors (Lipinski definition) is 3. The van der Waals surface area contributed by atoms with E-state index in [4.69, 9.17) is 0 Å². The lowest BCUT2D eigenvalue weighted by Gasteiger charge is -2.16. The number of aryl methyl sites for hydroxylation is 1. The molecule has 15 heavy (non-hydrogen) atoms. The largest absolute Gasteiger partial charge is 0.339 e. The SMILES string of the molecule is CC(Br)CN(C)S(=O)(=O)c1cn(C)cn1. The van der Waals surface area contributed by atoms with Crippen molar-refractivity contribution in [2.24, 2.45) is 7.05 Å². The van der Waals surface area contributed by atoms with Gasteiger partial charge in [0.25, 0.3) is 10.0 Å². The molecule has 1 atom stereocenters. The molecule has 5 nitrogen and oxygen atoms in total. The predicted octanol–water partition coefficient (Wildman–Crippen LogP) is 0.824. The van der Waals surface area contributed by atoms with Gasteiger partial charge in [0.1, 0.15) is 0 Å². The Morgan fingerprint density at radius 1 is 1.67 bits per heavy atom. The molecule has 0 bridgehead atoms. The molecule has 1 rings (SSSR count). The number of nitrogens with zero attached hydrogens (tertiary/aromatic N) is 3. The molecule has 0 amide bonds. The van der Waals surface area contributed by atoms with Gasteiger partial charge in [-0.1, -0.05) is 22.9 Å². The molecule has 7 heteroatoms. The van der Waals surface area contributed by atoms with Crippen LogP contribution in [0.1, 0.15) is 6.92 Å². The van der Waals surface area contributed by atoms with Crippen LogP contribution >= 0.6 is 15.9 Å². The van der Waals surface area contributed by atoms with Crippen LogP contribution in [-0.2, 0) is 17.1 Å². The summed E-state index contributed by atoms with van der Waals surface area (Å²) in [6, 6.07) is 0. The predicted molar refractivity (Wildman–Crippen MR) is 61.4 cm³/mol. The monoisotopic (exact) mass is 295 g/mol. The molecule has 0 aliphatic carbocycles. The first kappa shape index (κ1) is 12.7. The highest BCUT2D eigenvalue weighted by Crippen LogP contribution is 2.12. The zero-order valence-electron chi connectivity index (χ0n) is 8.88. The minimum atomic E-state index is -3.44. The quantitative estimate of drug-likeness (QED) is 0.773. The topological polar surface area (TPSA) is 55.2 Å². The highest BCUT2D eigenvalue weighted by Gasteiger charge is 2.23. The minimum absolute atomic E-state index is 0.0839. The van der Waals surface area contributed by atoms with Gasteiger partial charge in [0.05, 0.1) is 6.33 Å². The Hall–Kier alpha value is -0.400. The van der Waals surface area contributed by atoms with Crippen LogP contribution in [0.5, 0.6) is 0 Å². The molecular formula is C8H14BrN3O2S. The van der Waals surface area contributed by atoms with Crippen LogP contribution in [0.3, 0.4) is 0 Å². The van der Waals surface area contributed by atoms with Gasteiger partial charge in [0.15, 0.2) is 5.03 Å². The van der Waals surface area contributed by atoms with Gasteiger partial charge >= 0.3 is 0 Å². The molecule has 1 aromatic rings. The minimum Gasteiger partial charge on any atom is -0.339 e. The van der Waals surface area contributed by atoms with Crippen molar-refractivity contribution in [3.63, 3.8) is 0 Å². The molecule has 0 saturated heterocycles. The Kier molecular flexibility index (Phi) is 3.91. The van der Waals surface area contributed by atoms with Crippen molar-refractivity contribution >= 4 is 26.0 Å². The molecule has 1 unspecified atom stereocenters. The maximum absolute atomic E-state index is 11.9. The fraction of sp³-hybridized carbons (Fsp3) is 0.625. The van der Waals surface area contributed by atoms with E-state index in [2.05, 4.69) is 20.9 Å². The number of imidazole rings is 1. The van der Waals surface area contributed by atoms with Crippen molar-refractivity contribution in [2.45, 2.75) is 16.8 Å². The summed E-state index contributed by atoms with van der Waals surface area (Å²) >= 11 is 3.31. The highest BCUT2D eigenvalue weighted by molar-refractivity contribution is 9.09. The number of alkyl halides is 1. The smallest absolute Gasteiger partial charge is 0.261 e. The second-order valence-corrected chi connectivity index (χ2v) is 7.00. The standard InChI is InChI=1S/C8H14BrN3O2S/c1-7(9)4-12(3)15(13,14)8-5-11(2)6-10-8/h5-7H,4H2,1-3H3. The van der Waals surface area contributed by atoms with E-state index in [-0.39, 0.29) is 9.85 Å². The van der Waals surface area contributed by atoms with Crippen LogP contribution in [0.4, 0.5) is 0 Å². The van der Waals surface area contributed by atoms with Gasteiger partial charge in [-0.05, 0) is 0 Å². The molecule has 0 aromatic carbocycles. The van der Waals surface area contributed by atoms with Crippen molar-refractivity contribution in [3.8, 4) is 0 Å². The summed E-state index contributed by atoms with van der Waals surface area (Å²) in [5.41, 5.74) is 0. The van der Waals surface area contributed by atoms with Crippen molar-refractivity contribution in [2.75, 3.05) is 13.6 Å². The Bertz CT molecular complexity index is 427. The summed E-state index contributed by atoms with van der Waals surface area (Å²) in [6.07, 6.45) is 2.96. The van der Waals surface area contributed by atoms with Gasteiger partial charge in [-0.3, -0.25) is 0 Å². The average molecular weight is 296 g/mol. The Labute approximate surface area is 98.3 Å². The number of aromatic nitrogens is 2. The molecule has 0 aliphatic heterocycles. The van der Waals surface area contributed by atoms with Crippen LogP contribution in [0, 0.1) is 0 Å². The first-order chi connectivity index (χ1) is 6.84. The molecule has 0 aliphatic rings. The summed E-state index contributed by atoms with van der Waals surface area (Å²) in [4.78, 5) is 3.95. The summed E-state index contributed by atoms with van der Waals surface area (Å²) in [5, 5.41) is 0.0839. The number of hydrogen-bond donors (Lipinski definition) is 0. The average Bonchev–Trinajstić information content (AvgIpc) is 2.50. The lowest BCUT2D eigenvalue weighted by molar-refractivity contribution is 0.471. The van der Waals surface area contributed by atoms with E-state index in [9.17, 15) is 8.42 Å². The van der Waals surface area contributed by atoms with Gasteiger partial charge in [-0.2, -0.15) is 4.31 Å². The molecule has 1 aromatic heterocycles. The zero-order valence-corrected chi connectivity index (χ0v) is 11.3. The highest BCUT2D eigenvalue weighted by atomic mass is 79.9. The molecule has 0 fully saturated rings. The van der Waals surface area contributed by atoms with Gasteiger partial charge < -0.3 is 4.57 Å². The second kappa shape index (κ2) is 4.63. The molecule has 0 radical (unpaired) electrons. The summed E-state index contributed by atoms with van der Waals surface area (Å²) in [5.74, 6) is 0. The van der Waals surface area contributed by atoms with Crippen LogP contribution in [0.25, 0.3) is 0 Å². The molecular weight excluding hydrogens is 282 g/mol. The first-order valence-electron chi connectivity index (χ1n) is 4.42. The second-order valence-electron chi connectivity index (χ2n) is 3.44. The van der Waals surface area contributed by atoms with Crippen LogP contribution in [0.2, 0.25) is 0 Å². The van der Waals surface area contributed by atoms with Gasteiger partial charge in [0, 0.05) is 31.7 Å². The number of rotatable bonds is 4. The number of sulfonamides is 1. The third-order valence-corrected chi connectivity index (χ3v) is 3.86. The maximum atomic E-state index is 11.9. The summed E-state index contributed by atoms with van der Waals surface area (Å²) in [7, 11) is -0.163. The number of halogens is 1. The van der Waals surface area contributed by atoms with E-state index in [1.807, 2.05) is 6.92 Å². The van der Waals surface area contributed by atoms with Crippen molar-refractivity contribution in [3.05, 3.63) is 12.5 Å². The third kappa shape index (κ3) is 3.02. The molecule has 1 heterocycles. The third-order valence-electron chi connectivity index (χ3n) is 1.86. The van der Waals surface area contributed by atoms with E-state index < -0.39 is 10.0 Å². The molecule has 0 N–H and O–H groups in total. The van der Waals surface area contributed by atoms with Crippen molar-refractivity contribution < 1.29 is 8.42 Å². The fourth-order valence-electron chi connectivity index (χ4n) is 1.13. The summed E-state index contributed by atoms with van der Waals surface area (Å²) < 4.78 is 26.7. The maximum Gasteiger partial charge on any atom is 0.261 e. The van der Waals surface area contributed by atoms with Crippen molar-refractivity contribution in [1.29, 1.82) is 0 Å². The van der Waals surface area contributed by atoms with Gasteiger partial charge in [0.2, 0.25) is 0 Å². The van der Waals surface area contributed by atoms with E-state index in [1.165, 1.54) is 16.8 Å². The summed E-state index contributed by atoms with van der Waals surface area (Å²) in [6.45, 7) is 2.31. The lowest BCUT2D eigenvalue weighted by Crippen LogP contribution is -2.31. The lowest BCUT2D eigenvalue weighted by atomic mass is 10.5. The van der Waals surface area contributed by atoms with Crippen LogP contribution < -0.4 is 0 Å². The molecule has 86 valence electrons. The van der Waals surface area contributed by atoms with E-state index in [0.717, 1.165) is 0 Å². The van der Waals surface area contributed by atoms with Gasteiger partial charge in [-0.25, -0.2) is 13.4 Å². The first-order valence-corrected chi connectivity index (χ1v) is 6.78. The van der Waals surface area contributed by atoms with Crippen molar-refractivity contribution in [1.82, 2.24) is 13.9 Å². The van der Waals surface area contributed by atoms with Crippen LogP contribution in [0.15, 0.2) is 17.6 Å². The normalized spacial score (nSPS) is 14.5.